The molecule has 6 heteroatoms. The minimum atomic E-state index is -0.161. The molecule has 1 heterocycles. The lowest BCUT2D eigenvalue weighted by atomic mass is 10.1. The van der Waals surface area contributed by atoms with Crippen molar-refractivity contribution in [2.45, 2.75) is 30.9 Å². The van der Waals surface area contributed by atoms with E-state index in [1.807, 2.05) is 25.1 Å². The fourth-order valence-corrected chi connectivity index (χ4v) is 4.18. The third kappa shape index (κ3) is 4.67. The van der Waals surface area contributed by atoms with Gasteiger partial charge >= 0.3 is 0 Å². The third-order valence-electron chi connectivity index (χ3n) is 3.76. The normalized spacial score (nSPS) is 10.7. The second kappa shape index (κ2) is 7.80. The zero-order valence-corrected chi connectivity index (χ0v) is 16.0. The van der Waals surface area contributed by atoms with Gasteiger partial charge < -0.3 is 0 Å². The Balaban J connectivity index is 1.62. The van der Waals surface area contributed by atoms with Crippen LogP contribution >= 0.6 is 23.1 Å². The second-order valence-corrected chi connectivity index (χ2v) is 8.12. The van der Waals surface area contributed by atoms with E-state index in [1.165, 1.54) is 28.0 Å². The topological polar surface area (TPSA) is 54.9 Å². The quantitative estimate of drug-likeness (QED) is 0.507. The summed E-state index contributed by atoms with van der Waals surface area (Å²) in [7, 11) is 0. The van der Waals surface area contributed by atoms with Crippen molar-refractivity contribution in [1.82, 2.24) is 10.2 Å². The fraction of sp³-hybridized carbons (Fsp3) is 0.211. The van der Waals surface area contributed by atoms with Crippen LogP contribution in [0.3, 0.4) is 0 Å². The van der Waals surface area contributed by atoms with Crippen molar-refractivity contribution >= 4 is 34.1 Å². The molecule has 0 bridgehead atoms. The molecule has 0 radical (unpaired) electrons. The van der Waals surface area contributed by atoms with Gasteiger partial charge in [0, 0.05) is 11.3 Å². The van der Waals surface area contributed by atoms with Crippen molar-refractivity contribution in [3.63, 3.8) is 0 Å². The van der Waals surface area contributed by atoms with Gasteiger partial charge in [0.25, 0.3) is 5.91 Å². The number of benzene rings is 2. The lowest BCUT2D eigenvalue weighted by Crippen LogP contribution is -2.11. The summed E-state index contributed by atoms with van der Waals surface area (Å²) in [6, 6.07) is 13.9. The van der Waals surface area contributed by atoms with E-state index >= 15 is 0 Å². The van der Waals surface area contributed by atoms with Gasteiger partial charge in [0.05, 0.1) is 0 Å². The van der Waals surface area contributed by atoms with Gasteiger partial charge in [0.1, 0.15) is 0 Å². The highest BCUT2D eigenvalue weighted by Crippen LogP contribution is 2.29. The highest BCUT2D eigenvalue weighted by molar-refractivity contribution is 8.00. The molecule has 3 rings (SSSR count). The number of carbonyl (C=O) groups is 1. The molecule has 0 aliphatic rings. The van der Waals surface area contributed by atoms with Crippen molar-refractivity contribution in [3.05, 3.63) is 70.3 Å². The van der Waals surface area contributed by atoms with E-state index in [1.54, 1.807) is 17.8 Å². The number of carbonyl (C=O) groups excluding carboxylic acids is 1. The highest BCUT2D eigenvalue weighted by atomic mass is 32.2. The number of hydrogen-bond donors (Lipinski definition) is 1. The smallest absolute Gasteiger partial charge is 0.257 e. The third-order valence-corrected chi connectivity index (χ3v) is 5.78. The van der Waals surface area contributed by atoms with Crippen LogP contribution in [0.2, 0.25) is 0 Å². The van der Waals surface area contributed by atoms with Crippen LogP contribution in [0.25, 0.3) is 0 Å². The van der Waals surface area contributed by atoms with E-state index < -0.39 is 0 Å². The van der Waals surface area contributed by atoms with Gasteiger partial charge in [-0.3, -0.25) is 10.1 Å². The Labute approximate surface area is 155 Å². The molecule has 0 spiro atoms. The summed E-state index contributed by atoms with van der Waals surface area (Å²) < 4.78 is 0.848. The standard InChI is InChI=1S/C19H19N3OS2/c1-12-5-4-6-15(9-12)17(23)20-18-21-22-19(25-18)24-11-16-10-13(2)7-8-14(16)3/h4-10H,11H2,1-3H3,(H,20,21,23). The number of hydrogen-bond acceptors (Lipinski definition) is 5. The van der Waals surface area contributed by atoms with Gasteiger partial charge in [-0.25, -0.2) is 0 Å². The zero-order valence-electron chi connectivity index (χ0n) is 14.4. The lowest BCUT2D eigenvalue weighted by molar-refractivity contribution is 0.102. The van der Waals surface area contributed by atoms with Crippen LogP contribution in [-0.2, 0) is 5.75 Å². The average molecular weight is 370 g/mol. The molecule has 1 aromatic heterocycles. The van der Waals surface area contributed by atoms with Gasteiger partial charge in [-0.05, 0) is 44.0 Å². The maximum absolute atomic E-state index is 12.3. The van der Waals surface area contributed by atoms with E-state index in [0.717, 1.165) is 15.7 Å². The van der Waals surface area contributed by atoms with Gasteiger partial charge in [-0.1, -0.05) is 64.6 Å². The lowest BCUT2D eigenvalue weighted by Gasteiger charge is -2.05. The summed E-state index contributed by atoms with van der Waals surface area (Å²) in [5.74, 6) is 0.680. The van der Waals surface area contributed by atoms with Crippen LogP contribution in [-0.4, -0.2) is 16.1 Å². The van der Waals surface area contributed by atoms with Crippen LogP contribution in [0.15, 0.2) is 46.8 Å². The van der Waals surface area contributed by atoms with Crippen LogP contribution < -0.4 is 5.32 Å². The molecule has 0 fully saturated rings. The van der Waals surface area contributed by atoms with Crippen LogP contribution in [0.1, 0.15) is 32.6 Å². The number of rotatable bonds is 5. The summed E-state index contributed by atoms with van der Waals surface area (Å²) in [6.45, 7) is 6.17. The molecule has 0 aliphatic heterocycles. The molecule has 25 heavy (non-hydrogen) atoms. The number of nitrogens with one attached hydrogen (secondary N) is 1. The Hall–Kier alpha value is -2.18. The first-order chi connectivity index (χ1) is 12.0. The first-order valence-corrected chi connectivity index (χ1v) is 9.72. The van der Waals surface area contributed by atoms with Crippen molar-refractivity contribution < 1.29 is 4.79 Å². The molecule has 0 saturated heterocycles. The highest BCUT2D eigenvalue weighted by Gasteiger charge is 2.11. The summed E-state index contributed by atoms with van der Waals surface area (Å²) in [5, 5.41) is 11.6. The number of anilines is 1. The maximum atomic E-state index is 12.3. The molecule has 2 aromatic carbocycles. The number of amides is 1. The molecule has 0 aliphatic carbocycles. The fourth-order valence-electron chi connectivity index (χ4n) is 2.37. The van der Waals surface area contributed by atoms with Gasteiger partial charge in [0.15, 0.2) is 4.34 Å². The summed E-state index contributed by atoms with van der Waals surface area (Å²) in [5.41, 5.74) is 5.50. The Kier molecular flexibility index (Phi) is 5.50. The Bertz CT molecular complexity index is 905. The van der Waals surface area contributed by atoms with Crippen molar-refractivity contribution in [2.24, 2.45) is 0 Å². The largest absolute Gasteiger partial charge is 0.296 e. The van der Waals surface area contributed by atoms with Crippen LogP contribution in [0.4, 0.5) is 5.13 Å². The molecule has 1 amide bonds. The van der Waals surface area contributed by atoms with Crippen LogP contribution in [0.5, 0.6) is 0 Å². The zero-order chi connectivity index (χ0) is 17.8. The van der Waals surface area contributed by atoms with Gasteiger partial charge in [-0.15, -0.1) is 10.2 Å². The summed E-state index contributed by atoms with van der Waals surface area (Å²) >= 11 is 3.03. The van der Waals surface area contributed by atoms with Gasteiger partial charge in [0.2, 0.25) is 5.13 Å². The molecule has 4 nitrogen and oxygen atoms in total. The Morgan fingerprint density at radius 3 is 2.68 bits per heavy atom. The second-order valence-electron chi connectivity index (χ2n) is 5.92. The van der Waals surface area contributed by atoms with Crippen LogP contribution in [0, 0.1) is 20.8 Å². The predicted octanol–water partition coefficient (Wildman–Crippen LogP) is 5.01. The molecule has 1 N–H and O–H groups in total. The number of nitrogens with zero attached hydrogens (tertiary/aromatic N) is 2. The summed E-state index contributed by atoms with van der Waals surface area (Å²) in [6.07, 6.45) is 0. The maximum Gasteiger partial charge on any atom is 0.257 e. The molecular formula is C19H19N3OS2. The van der Waals surface area contributed by atoms with Crippen molar-refractivity contribution in [2.75, 3.05) is 5.32 Å². The van der Waals surface area contributed by atoms with E-state index in [2.05, 4.69) is 47.6 Å². The molecular weight excluding hydrogens is 350 g/mol. The first kappa shape index (κ1) is 17.6. The monoisotopic (exact) mass is 369 g/mol. The Morgan fingerprint density at radius 2 is 1.88 bits per heavy atom. The SMILES string of the molecule is Cc1cccc(C(=O)Nc2nnc(SCc3cc(C)ccc3C)s2)c1. The van der Waals surface area contributed by atoms with E-state index in [-0.39, 0.29) is 5.91 Å². The number of thioether (sulfide) groups is 1. The molecule has 3 aromatic rings. The van der Waals surface area contributed by atoms with E-state index in [9.17, 15) is 4.79 Å². The molecule has 0 saturated carbocycles. The average Bonchev–Trinajstić information content (AvgIpc) is 3.03. The molecule has 0 unspecified atom stereocenters. The van der Waals surface area contributed by atoms with E-state index in [0.29, 0.717) is 10.7 Å². The molecule has 128 valence electrons. The van der Waals surface area contributed by atoms with Gasteiger partial charge in [-0.2, -0.15) is 0 Å². The number of aromatic nitrogens is 2. The minimum absolute atomic E-state index is 0.161. The summed E-state index contributed by atoms with van der Waals surface area (Å²) in [4.78, 5) is 12.3. The van der Waals surface area contributed by atoms with Crippen molar-refractivity contribution in [1.29, 1.82) is 0 Å². The number of aryl methyl sites for hydroxylation is 3. The predicted molar refractivity (Wildman–Crippen MR) is 105 cm³/mol. The first-order valence-electron chi connectivity index (χ1n) is 7.92. The van der Waals surface area contributed by atoms with E-state index in [4.69, 9.17) is 0 Å². The molecule has 0 atom stereocenters. The Morgan fingerprint density at radius 1 is 1.08 bits per heavy atom. The van der Waals surface area contributed by atoms with Crippen molar-refractivity contribution in [3.8, 4) is 0 Å². The minimum Gasteiger partial charge on any atom is -0.296 e.